The minimum atomic E-state index is -1.08. The third-order valence-electron chi connectivity index (χ3n) is 6.31. The van der Waals surface area contributed by atoms with Gasteiger partial charge in [-0.25, -0.2) is 14.4 Å². The lowest BCUT2D eigenvalue weighted by Gasteiger charge is -2.24. The number of nitrogens with one attached hydrogen (secondary N) is 1. The topological polar surface area (TPSA) is 70.5 Å². The summed E-state index contributed by atoms with van der Waals surface area (Å²) < 4.78 is 1.87. The predicted molar refractivity (Wildman–Crippen MR) is 135 cm³/mol. The zero-order valence-corrected chi connectivity index (χ0v) is 19.8. The van der Waals surface area contributed by atoms with E-state index in [9.17, 15) is 9.59 Å². The molecular formula is C28H27N5O2. The molecule has 1 aliphatic heterocycles. The van der Waals surface area contributed by atoms with Crippen LogP contribution in [-0.2, 0) is 16.9 Å². The first-order valence-electron chi connectivity index (χ1n) is 11.5. The lowest BCUT2D eigenvalue weighted by Crippen LogP contribution is -2.42. The predicted octanol–water partition coefficient (Wildman–Crippen LogP) is 4.40. The van der Waals surface area contributed by atoms with E-state index in [1.54, 1.807) is 6.92 Å². The van der Waals surface area contributed by atoms with E-state index in [1.807, 2.05) is 114 Å². The monoisotopic (exact) mass is 465 g/mol. The zero-order valence-electron chi connectivity index (χ0n) is 19.8. The van der Waals surface area contributed by atoms with Crippen molar-refractivity contribution in [2.75, 3.05) is 13.7 Å². The summed E-state index contributed by atoms with van der Waals surface area (Å²) >= 11 is 0. The van der Waals surface area contributed by atoms with Crippen LogP contribution in [0.2, 0.25) is 0 Å². The van der Waals surface area contributed by atoms with Crippen molar-refractivity contribution < 1.29 is 9.59 Å². The fourth-order valence-electron chi connectivity index (χ4n) is 4.45. The van der Waals surface area contributed by atoms with Gasteiger partial charge in [0.2, 0.25) is 0 Å². The molecule has 0 aliphatic carbocycles. The number of carbonyl (C=O) groups excluding carboxylic acids is 2. The van der Waals surface area contributed by atoms with Gasteiger partial charge < -0.3 is 5.32 Å². The van der Waals surface area contributed by atoms with Gasteiger partial charge in [-0.3, -0.25) is 9.69 Å². The van der Waals surface area contributed by atoms with E-state index in [-0.39, 0.29) is 12.6 Å². The second kappa shape index (κ2) is 9.19. The van der Waals surface area contributed by atoms with Crippen LogP contribution in [0.5, 0.6) is 0 Å². The third kappa shape index (κ3) is 4.34. The Bertz CT molecular complexity index is 1340. The fraction of sp³-hybridized carbons (Fsp3) is 0.179. The summed E-state index contributed by atoms with van der Waals surface area (Å²) in [7, 11) is 1.90. The Labute approximate surface area is 204 Å². The van der Waals surface area contributed by atoms with Gasteiger partial charge in [0.1, 0.15) is 5.54 Å². The molecule has 0 bridgehead atoms. The molecule has 0 radical (unpaired) electrons. The molecule has 1 fully saturated rings. The van der Waals surface area contributed by atoms with Gasteiger partial charge in [0.05, 0.1) is 18.1 Å². The van der Waals surface area contributed by atoms with Crippen LogP contribution in [0.4, 0.5) is 4.79 Å². The third-order valence-corrected chi connectivity index (χ3v) is 6.31. The van der Waals surface area contributed by atoms with E-state index in [4.69, 9.17) is 5.10 Å². The lowest BCUT2D eigenvalue weighted by molar-refractivity contribution is -0.132. The summed E-state index contributed by atoms with van der Waals surface area (Å²) in [5.74, 6) is -0.260. The Morgan fingerprint density at radius 3 is 2.14 bits per heavy atom. The van der Waals surface area contributed by atoms with Crippen LogP contribution in [0.15, 0.2) is 97.2 Å². The van der Waals surface area contributed by atoms with E-state index in [0.29, 0.717) is 6.54 Å². The SMILES string of the molecule is CN(Cc1cn(-c2ccccc2)nc1-c1ccccc1)CN1C(=O)N[C@](C)(c2ccccc2)C1=O. The quantitative estimate of drug-likeness (QED) is 0.411. The molecule has 1 saturated heterocycles. The Hall–Kier alpha value is -4.23. The largest absolute Gasteiger partial charge is 0.326 e. The van der Waals surface area contributed by atoms with Crippen molar-refractivity contribution in [3.8, 4) is 16.9 Å². The van der Waals surface area contributed by atoms with E-state index < -0.39 is 11.6 Å². The number of benzene rings is 3. The van der Waals surface area contributed by atoms with E-state index in [0.717, 1.165) is 28.1 Å². The molecule has 1 aliphatic rings. The molecule has 1 aromatic heterocycles. The number of hydrogen-bond acceptors (Lipinski definition) is 4. The number of para-hydroxylation sites is 1. The molecule has 1 atom stereocenters. The molecule has 35 heavy (non-hydrogen) atoms. The van der Waals surface area contributed by atoms with Crippen LogP contribution in [-0.4, -0.2) is 45.2 Å². The summed E-state index contributed by atoms with van der Waals surface area (Å²) in [6.07, 6.45) is 2.01. The normalized spacial score (nSPS) is 17.7. The molecule has 2 heterocycles. The van der Waals surface area contributed by atoms with Crippen molar-refractivity contribution in [3.05, 3.63) is 108 Å². The van der Waals surface area contributed by atoms with Gasteiger partial charge in [0.15, 0.2) is 0 Å². The van der Waals surface area contributed by atoms with E-state index in [1.165, 1.54) is 4.90 Å². The van der Waals surface area contributed by atoms with Gasteiger partial charge in [-0.2, -0.15) is 5.10 Å². The van der Waals surface area contributed by atoms with Gasteiger partial charge in [0, 0.05) is 23.9 Å². The van der Waals surface area contributed by atoms with Crippen molar-refractivity contribution >= 4 is 11.9 Å². The van der Waals surface area contributed by atoms with Crippen LogP contribution in [0.25, 0.3) is 16.9 Å². The minimum Gasteiger partial charge on any atom is -0.319 e. The van der Waals surface area contributed by atoms with E-state index >= 15 is 0 Å². The first kappa shape index (κ1) is 22.6. The first-order chi connectivity index (χ1) is 17.0. The number of urea groups is 1. The standard InChI is InChI=1S/C28H27N5O2/c1-28(23-14-8-4-9-15-23)26(34)32(27(35)29-28)20-31(2)18-22-19-33(24-16-10-5-11-17-24)30-25(22)21-12-6-3-7-13-21/h3-17,19H,18,20H2,1-2H3,(H,29,35)/t28-/m1/s1. The van der Waals surface area contributed by atoms with Gasteiger partial charge in [-0.05, 0) is 31.7 Å². The molecule has 0 unspecified atom stereocenters. The molecule has 3 aromatic carbocycles. The maximum atomic E-state index is 13.3. The maximum Gasteiger partial charge on any atom is 0.326 e. The molecule has 176 valence electrons. The van der Waals surface area contributed by atoms with Crippen LogP contribution in [0.3, 0.4) is 0 Å². The number of hydrogen-bond donors (Lipinski definition) is 1. The zero-order chi connectivity index (χ0) is 24.4. The van der Waals surface area contributed by atoms with Crippen molar-refractivity contribution in [1.29, 1.82) is 0 Å². The minimum absolute atomic E-state index is 0.165. The Morgan fingerprint density at radius 1 is 0.886 bits per heavy atom. The molecule has 7 heteroatoms. The fourth-order valence-corrected chi connectivity index (χ4v) is 4.45. The molecule has 0 saturated carbocycles. The second-order valence-corrected chi connectivity index (χ2v) is 8.96. The summed E-state index contributed by atoms with van der Waals surface area (Å²) in [4.78, 5) is 29.3. The number of imide groups is 1. The van der Waals surface area contributed by atoms with Crippen LogP contribution < -0.4 is 5.32 Å². The highest BCUT2D eigenvalue weighted by Gasteiger charge is 2.49. The van der Waals surface area contributed by atoms with Crippen molar-refractivity contribution in [3.63, 3.8) is 0 Å². The molecule has 1 N–H and O–H groups in total. The van der Waals surface area contributed by atoms with Gasteiger partial charge in [0.25, 0.3) is 5.91 Å². The molecule has 7 nitrogen and oxygen atoms in total. The Balaban J connectivity index is 1.39. The highest BCUT2D eigenvalue weighted by Crippen LogP contribution is 2.29. The molecule has 0 spiro atoms. The van der Waals surface area contributed by atoms with Crippen LogP contribution in [0, 0.1) is 0 Å². The molecule has 4 aromatic rings. The summed E-state index contributed by atoms with van der Waals surface area (Å²) in [5.41, 5.74) is 3.53. The highest BCUT2D eigenvalue weighted by atomic mass is 16.2. The van der Waals surface area contributed by atoms with Crippen LogP contribution in [0.1, 0.15) is 18.1 Å². The smallest absolute Gasteiger partial charge is 0.319 e. The van der Waals surface area contributed by atoms with Gasteiger partial charge >= 0.3 is 6.03 Å². The molecule has 3 amide bonds. The average Bonchev–Trinajstić information content (AvgIpc) is 3.40. The number of nitrogens with zero attached hydrogens (tertiary/aromatic N) is 4. The summed E-state index contributed by atoms with van der Waals surface area (Å²) in [5, 5.41) is 7.73. The van der Waals surface area contributed by atoms with Gasteiger partial charge in [-0.15, -0.1) is 0 Å². The second-order valence-electron chi connectivity index (χ2n) is 8.96. The highest BCUT2D eigenvalue weighted by molar-refractivity contribution is 6.07. The summed E-state index contributed by atoms with van der Waals surface area (Å²) in [6.45, 7) is 2.42. The van der Waals surface area contributed by atoms with Crippen molar-refractivity contribution in [2.24, 2.45) is 0 Å². The lowest BCUT2D eigenvalue weighted by atomic mass is 9.92. The average molecular weight is 466 g/mol. The number of carbonyl (C=O) groups is 2. The number of amides is 3. The summed E-state index contributed by atoms with van der Waals surface area (Å²) in [6, 6.07) is 28.9. The van der Waals surface area contributed by atoms with Crippen molar-refractivity contribution in [1.82, 2.24) is 24.9 Å². The Morgan fingerprint density at radius 2 is 1.49 bits per heavy atom. The molecule has 5 rings (SSSR count). The van der Waals surface area contributed by atoms with Gasteiger partial charge in [-0.1, -0.05) is 78.9 Å². The van der Waals surface area contributed by atoms with Crippen molar-refractivity contribution in [2.45, 2.75) is 19.0 Å². The maximum absolute atomic E-state index is 13.3. The van der Waals surface area contributed by atoms with Crippen LogP contribution >= 0.6 is 0 Å². The first-order valence-corrected chi connectivity index (χ1v) is 11.5. The Kier molecular flexibility index (Phi) is 5.93. The number of rotatable bonds is 7. The van der Waals surface area contributed by atoms with E-state index in [2.05, 4.69) is 5.32 Å². The molecular weight excluding hydrogens is 438 g/mol. The number of aromatic nitrogens is 2.